The summed E-state index contributed by atoms with van der Waals surface area (Å²) < 4.78 is 17.5. The number of hydrogen-bond donors (Lipinski definition) is 3. The van der Waals surface area contributed by atoms with E-state index in [2.05, 4.69) is 10.6 Å². The van der Waals surface area contributed by atoms with Gasteiger partial charge in [-0.15, -0.1) is 0 Å². The molecule has 3 aliphatic heterocycles. The highest BCUT2D eigenvalue weighted by Crippen LogP contribution is 2.40. The van der Waals surface area contributed by atoms with Crippen LogP contribution in [0.25, 0.3) is 0 Å². The molecule has 28 heavy (non-hydrogen) atoms. The Labute approximate surface area is 162 Å². The van der Waals surface area contributed by atoms with Crippen LogP contribution in [0.1, 0.15) is 24.2 Å². The molecule has 3 amide bonds. The van der Waals surface area contributed by atoms with Gasteiger partial charge in [0.15, 0.2) is 12.0 Å². The first-order valence-electron chi connectivity index (χ1n) is 9.13. The SMILES string of the molecule is CC1(C)O[C@@H]2[C@H](O1)[C@@H](CO)O[C@@H]2N1C=CC(NC(=O)c2ccccc2)NC1=O. The number of fused-ring (bicyclic) bond motifs is 1. The molecule has 0 aromatic heterocycles. The van der Waals surface area contributed by atoms with E-state index in [0.717, 1.165) is 0 Å². The third-order valence-corrected chi connectivity index (χ3v) is 4.85. The monoisotopic (exact) mass is 389 g/mol. The Morgan fingerprint density at radius 1 is 1.25 bits per heavy atom. The Morgan fingerprint density at radius 2 is 1.96 bits per heavy atom. The summed E-state index contributed by atoms with van der Waals surface area (Å²) in [4.78, 5) is 26.2. The molecule has 3 heterocycles. The van der Waals surface area contributed by atoms with Crippen LogP contribution in [-0.4, -0.2) is 65.0 Å². The van der Waals surface area contributed by atoms with Gasteiger partial charge in [-0.2, -0.15) is 0 Å². The third kappa shape index (κ3) is 3.49. The van der Waals surface area contributed by atoms with Crippen LogP contribution < -0.4 is 10.6 Å². The van der Waals surface area contributed by atoms with Crippen LogP contribution in [-0.2, 0) is 14.2 Å². The lowest BCUT2D eigenvalue weighted by molar-refractivity contribution is -0.201. The van der Waals surface area contributed by atoms with E-state index in [-0.39, 0.29) is 12.5 Å². The van der Waals surface area contributed by atoms with Gasteiger partial charge in [-0.3, -0.25) is 9.69 Å². The number of nitrogens with zero attached hydrogens (tertiary/aromatic N) is 1. The van der Waals surface area contributed by atoms with Gasteiger partial charge in [-0.1, -0.05) is 18.2 Å². The van der Waals surface area contributed by atoms with E-state index in [9.17, 15) is 14.7 Å². The van der Waals surface area contributed by atoms with Gasteiger partial charge in [0.05, 0.1) is 6.61 Å². The molecule has 3 N–H and O–H groups in total. The molecule has 5 atom stereocenters. The van der Waals surface area contributed by atoms with Gasteiger partial charge in [-0.25, -0.2) is 4.79 Å². The number of amides is 3. The lowest BCUT2D eigenvalue weighted by Gasteiger charge is -2.34. The summed E-state index contributed by atoms with van der Waals surface area (Å²) in [6, 6.07) is 8.29. The molecule has 1 aromatic rings. The van der Waals surface area contributed by atoms with Crippen molar-refractivity contribution in [2.24, 2.45) is 0 Å². The summed E-state index contributed by atoms with van der Waals surface area (Å²) in [5, 5.41) is 15.0. The van der Waals surface area contributed by atoms with E-state index < -0.39 is 42.5 Å². The number of urea groups is 1. The highest BCUT2D eigenvalue weighted by Gasteiger charge is 2.57. The number of carbonyl (C=O) groups is 2. The normalized spacial score (nSPS) is 33.5. The standard InChI is InChI=1S/C19H23N3O6/c1-19(2)27-14-12(10-23)26-17(15(14)28-19)22-9-8-13(21-18(22)25)20-16(24)11-6-4-3-5-7-11/h3-9,12-15,17,23H,10H2,1-2H3,(H,20,24)(H,21,25)/t12-,13?,14-,15-,17+/m1/s1. The van der Waals surface area contributed by atoms with Crippen LogP contribution in [0.3, 0.4) is 0 Å². The smallest absolute Gasteiger partial charge is 0.325 e. The molecule has 2 saturated heterocycles. The average molecular weight is 389 g/mol. The van der Waals surface area contributed by atoms with E-state index in [4.69, 9.17) is 14.2 Å². The first kappa shape index (κ1) is 18.9. The van der Waals surface area contributed by atoms with Crippen molar-refractivity contribution in [1.29, 1.82) is 0 Å². The number of nitrogens with one attached hydrogen (secondary N) is 2. The van der Waals surface area contributed by atoms with Gasteiger partial charge in [0.25, 0.3) is 5.91 Å². The van der Waals surface area contributed by atoms with Crippen molar-refractivity contribution in [3.63, 3.8) is 0 Å². The fraction of sp³-hybridized carbons (Fsp3) is 0.474. The molecular weight excluding hydrogens is 366 g/mol. The van der Waals surface area contributed by atoms with Crippen molar-refractivity contribution in [1.82, 2.24) is 15.5 Å². The number of ether oxygens (including phenoxy) is 3. The minimum absolute atomic E-state index is 0.244. The number of rotatable bonds is 4. The molecule has 0 spiro atoms. The van der Waals surface area contributed by atoms with Crippen LogP contribution >= 0.6 is 0 Å². The topological polar surface area (TPSA) is 109 Å². The molecule has 4 rings (SSSR count). The van der Waals surface area contributed by atoms with Crippen LogP contribution in [0, 0.1) is 0 Å². The minimum atomic E-state index is -0.826. The van der Waals surface area contributed by atoms with E-state index in [1.807, 2.05) is 6.07 Å². The van der Waals surface area contributed by atoms with E-state index in [0.29, 0.717) is 5.56 Å². The highest BCUT2D eigenvalue weighted by atomic mass is 16.8. The maximum absolute atomic E-state index is 12.6. The fourth-order valence-electron chi connectivity index (χ4n) is 3.63. The molecule has 9 heteroatoms. The summed E-state index contributed by atoms with van der Waals surface area (Å²) >= 11 is 0. The molecule has 1 unspecified atom stereocenters. The van der Waals surface area contributed by atoms with Crippen molar-refractivity contribution in [2.45, 2.75) is 50.3 Å². The summed E-state index contributed by atoms with van der Waals surface area (Å²) in [6.07, 6.45) is 0.206. The van der Waals surface area contributed by atoms with Crippen molar-refractivity contribution in [3.8, 4) is 0 Å². The molecular formula is C19H23N3O6. The maximum Gasteiger partial charge on any atom is 0.325 e. The second-order valence-corrected chi connectivity index (χ2v) is 7.33. The molecule has 0 radical (unpaired) electrons. The Morgan fingerprint density at radius 3 is 2.64 bits per heavy atom. The fourth-order valence-corrected chi connectivity index (χ4v) is 3.63. The van der Waals surface area contributed by atoms with Gasteiger partial charge < -0.3 is 30.0 Å². The lowest BCUT2D eigenvalue weighted by Crippen LogP contribution is -2.57. The van der Waals surface area contributed by atoms with Gasteiger partial charge in [0, 0.05) is 11.8 Å². The Balaban J connectivity index is 1.45. The lowest BCUT2D eigenvalue weighted by atomic mass is 10.1. The maximum atomic E-state index is 12.6. The van der Waals surface area contributed by atoms with Crippen molar-refractivity contribution in [3.05, 3.63) is 48.2 Å². The van der Waals surface area contributed by atoms with Gasteiger partial charge >= 0.3 is 6.03 Å². The van der Waals surface area contributed by atoms with Crippen molar-refractivity contribution in [2.75, 3.05) is 6.61 Å². The summed E-state index contributed by atoms with van der Waals surface area (Å²) in [7, 11) is 0. The number of carbonyl (C=O) groups excluding carboxylic acids is 2. The Kier molecular flexibility index (Phi) is 4.84. The van der Waals surface area contributed by atoms with Crippen LogP contribution in [0.2, 0.25) is 0 Å². The van der Waals surface area contributed by atoms with E-state index >= 15 is 0 Å². The first-order chi connectivity index (χ1) is 13.4. The highest BCUT2D eigenvalue weighted by molar-refractivity contribution is 5.94. The van der Waals surface area contributed by atoms with Crippen molar-refractivity contribution < 1.29 is 28.9 Å². The molecule has 2 fully saturated rings. The molecule has 0 bridgehead atoms. The Bertz CT molecular complexity index is 783. The number of aliphatic hydroxyl groups is 1. The second kappa shape index (κ2) is 7.17. The molecule has 0 saturated carbocycles. The molecule has 9 nitrogen and oxygen atoms in total. The van der Waals surface area contributed by atoms with Crippen LogP contribution in [0.4, 0.5) is 4.79 Å². The number of hydrogen-bond acceptors (Lipinski definition) is 6. The van der Waals surface area contributed by atoms with Crippen LogP contribution in [0.15, 0.2) is 42.6 Å². The van der Waals surface area contributed by atoms with E-state index in [1.165, 1.54) is 4.90 Å². The van der Waals surface area contributed by atoms with Crippen molar-refractivity contribution >= 4 is 11.9 Å². The Hall–Kier alpha value is -2.46. The summed E-state index contributed by atoms with van der Waals surface area (Å²) in [5.74, 6) is -1.12. The zero-order valence-electron chi connectivity index (χ0n) is 15.6. The molecule has 0 aliphatic carbocycles. The van der Waals surface area contributed by atoms with E-state index in [1.54, 1.807) is 50.4 Å². The van der Waals surface area contributed by atoms with Gasteiger partial charge in [0.1, 0.15) is 24.5 Å². The molecule has 3 aliphatic rings. The number of benzene rings is 1. The minimum Gasteiger partial charge on any atom is -0.394 e. The third-order valence-electron chi connectivity index (χ3n) is 4.85. The summed E-state index contributed by atoms with van der Waals surface area (Å²) in [6.45, 7) is 3.31. The average Bonchev–Trinajstić information content (AvgIpc) is 3.15. The van der Waals surface area contributed by atoms with Gasteiger partial charge in [-0.05, 0) is 32.1 Å². The van der Waals surface area contributed by atoms with Gasteiger partial charge in [0.2, 0.25) is 0 Å². The first-order valence-corrected chi connectivity index (χ1v) is 9.13. The predicted molar refractivity (Wildman–Crippen MR) is 96.8 cm³/mol. The summed E-state index contributed by atoms with van der Waals surface area (Å²) in [5.41, 5.74) is 0.499. The second-order valence-electron chi connectivity index (χ2n) is 7.33. The quantitative estimate of drug-likeness (QED) is 0.693. The molecule has 150 valence electrons. The predicted octanol–water partition coefficient (Wildman–Crippen LogP) is 0.519. The molecule has 1 aromatic carbocycles. The number of aliphatic hydroxyl groups excluding tert-OH is 1. The zero-order chi connectivity index (χ0) is 19.9. The van der Waals surface area contributed by atoms with Crippen LogP contribution in [0.5, 0.6) is 0 Å². The largest absolute Gasteiger partial charge is 0.394 e. The zero-order valence-corrected chi connectivity index (χ0v) is 15.6.